The summed E-state index contributed by atoms with van der Waals surface area (Å²) in [6.45, 7) is 3.83. The van der Waals surface area contributed by atoms with E-state index in [1.165, 1.54) is 0 Å². The van der Waals surface area contributed by atoms with Gasteiger partial charge in [0, 0.05) is 36.8 Å². The van der Waals surface area contributed by atoms with E-state index in [0.29, 0.717) is 25.7 Å². The largest absolute Gasteiger partial charge is 0.459 e. The highest BCUT2D eigenvalue weighted by Crippen LogP contribution is 2.24. The van der Waals surface area contributed by atoms with E-state index in [2.05, 4.69) is 33.9 Å². The minimum absolute atomic E-state index is 0. The van der Waals surface area contributed by atoms with Crippen LogP contribution in [0.1, 0.15) is 29.7 Å². The van der Waals surface area contributed by atoms with E-state index in [1.54, 1.807) is 7.05 Å². The molecule has 0 spiro atoms. The van der Waals surface area contributed by atoms with Crippen molar-refractivity contribution in [2.45, 2.75) is 39.0 Å². The van der Waals surface area contributed by atoms with Crippen LogP contribution in [-0.2, 0) is 22.6 Å². The van der Waals surface area contributed by atoms with E-state index < -0.39 is 0 Å². The Labute approximate surface area is 205 Å². The van der Waals surface area contributed by atoms with Crippen molar-refractivity contribution in [1.82, 2.24) is 10.6 Å². The number of aryl methyl sites for hydroxylation is 1. The number of aliphatic imine (C=N–C) groups is 1. The number of para-hydroxylation sites is 1. The maximum Gasteiger partial charge on any atom is 0.253 e. The highest BCUT2D eigenvalue weighted by molar-refractivity contribution is 14.0. The summed E-state index contributed by atoms with van der Waals surface area (Å²) in [7, 11) is 1.74. The molecule has 0 radical (unpaired) electrons. The molecule has 3 N–H and O–H groups in total. The van der Waals surface area contributed by atoms with Gasteiger partial charge in [-0.3, -0.25) is 9.79 Å². The molecule has 1 aliphatic heterocycles. The Morgan fingerprint density at radius 2 is 1.94 bits per heavy atom. The number of benzene rings is 2. The topological polar surface area (TPSA) is 87.9 Å². The second kappa shape index (κ2) is 11.3. The van der Waals surface area contributed by atoms with Crippen LogP contribution < -0.4 is 16.0 Å². The SMILES string of the molecule is CN=C(NCc1cccc(NC(=O)C2CCCO2)c1)NCc1oc2ccccc2c1C.I. The summed E-state index contributed by atoms with van der Waals surface area (Å²) in [6.07, 6.45) is 1.37. The Morgan fingerprint density at radius 3 is 2.69 bits per heavy atom. The monoisotopic (exact) mass is 548 g/mol. The molecule has 170 valence electrons. The summed E-state index contributed by atoms with van der Waals surface area (Å²) < 4.78 is 11.4. The molecule has 1 saturated heterocycles. The first kappa shape index (κ1) is 24.1. The van der Waals surface area contributed by atoms with Crippen LogP contribution in [0.2, 0.25) is 0 Å². The van der Waals surface area contributed by atoms with Gasteiger partial charge in [0.25, 0.3) is 5.91 Å². The van der Waals surface area contributed by atoms with Gasteiger partial charge in [0.05, 0.1) is 6.54 Å². The molecule has 1 aromatic heterocycles. The van der Waals surface area contributed by atoms with Gasteiger partial charge in [-0.2, -0.15) is 0 Å². The van der Waals surface area contributed by atoms with E-state index in [1.807, 2.05) is 42.5 Å². The first-order chi connectivity index (χ1) is 15.1. The third kappa shape index (κ3) is 5.80. The molecule has 1 fully saturated rings. The van der Waals surface area contributed by atoms with E-state index >= 15 is 0 Å². The quantitative estimate of drug-likeness (QED) is 0.243. The van der Waals surface area contributed by atoms with Crippen molar-refractivity contribution >= 4 is 52.5 Å². The normalized spacial score (nSPS) is 15.9. The van der Waals surface area contributed by atoms with Crippen LogP contribution in [0.25, 0.3) is 11.0 Å². The lowest BCUT2D eigenvalue weighted by Gasteiger charge is -2.13. The average Bonchev–Trinajstić information content (AvgIpc) is 3.43. The van der Waals surface area contributed by atoms with Crippen LogP contribution in [0, 0.1) is 6.92 Å². The number of rotatable bonds is 6. The smallest absolute Gasteiger partial charge is 0.253 e. The molecule has 1 amide bonds. The van der Waals surface area contributed by atoms with Gasteiger partial charge in [0.2, 0.25) is 0 Å². The summed E-state index contributed by atoms with van der Waals surface area (Å²) in [5.74, 6) is 1.48. The first-order valence-corrected chi connectivity index (χ1v) is 10.6. The number of ether oxygens (including phenoxy) is 1. The van der Waals surface area contributed by atoms with Crippen molar-refractivity contribution in [3.8, 4) is 0 Å². The lowest BCUT2D eigenvalue weighted by atomic mass is 10.1. The molecule has 0 saturated carbocycles. The van der Waals surface area contributed by atoms with Crippen molar-refractivity contribution in [2.24, 2.45) is 4.99 Å². The number of halogens is 1. The zero-order valence-electron chi connectivity index (χ0n) is 18.3. The molecular weight excluding hydrogens is 519 g/mol. The van der Waals surface area contributed by atoms with E-state index in [0.717, 1.165) is 46.4 Å². The van der Waals surface area contributed by atoms with Crippen molar-refractivity contribution in [3.63, 3.8) is 0 Å². The molecule has 4 rings (SSSR count). The zero-order chi connectivity index (χ0) is 21.6. The zero-order valence-corrected chi connectivity index (χ0v) is 20.6. The van der Waals surface area contributed by atoms with Crippen molar-refractivity contribution < 1.29 is 13.9 Å². The van der Waals surface area contributed by atoms with Crippen molar-refractivity contribution in [3.05, 3.63) is 65.4 Å². The van der Waals surface area contributed by atoms with Gasteiger partial charge in [-0.15, -0.1) is 24.0 Å². The Morgan fingerprint density at radius 1 is 1.12 bits per heavy atom. The molecule has 8 heteroatoms. The minimum Gasteiger partial charge on any atom is -0.459 e. The molecule has 0 bridgehead atoms. The van der Waals surface area contributed by atoms with Crippen molar-refractivity contribution in [2.75, 3.05) is 19.0 Å². The number of amides is 1. The van der Waals surface area contributed by atoms with Crippen molar-refractivity contribution in [1.29, 1.82) is 0 Å². The molecule has 1 unspecified atom stereocenters. The second-order valence-corrected chi connectivity index (χ2v) is 7.62. The molecular formula is C24H29IN4O3. The van der Waals surface area contributed by atoms with Crippen LogP contribution in [-0.4, -0.2) is 31.6 Å². The fourth-order valence-corrected chi connectivity index (χ4v) is 3.73. The maximum absolute atomic E-state index is 12.3. The molecule has 2 heterocycles. The highest BCUT2D eigenvalue weighted by Gasteiger charge is 2.23. The summed E-state index contributed by atoms with van der Waals surface area (Å²) >= 11 is 0. The van der Waals surface area contributed by atoms with Crippen LogP contribution >= 0.6 is 24.0 Å². The number of hydrogen-bond donors (Lipinski definition) is 3. The van der Waals surface area contributed by atoms with E-state index in [-0.39, 0.29) is 36.0 Å². The van der Waals surface area contributed by atoms with Gasteiger partial charge >= 0.3 is 0 Å². The van der Waals surface area contributed by atoms with Crippen LogP contribution in [0.4, 0.5) is 5.69 Å². The average molecular weight is 548 g/mol. The Hall–Kier alpha value is -2.59. The third-order valence-corrected chi connectivity index (χ3v) is 5.46. The summed E-state index contributed by atoms with van der Waals surface area (Å²) in [5.41, 5.74) is 3.82. The van der Waals surface area contributed by atoms with Gasteiger partial charge in [-0.25, -0.2) is 0 Å². The number of furan rings is 1. The van der Waals surface area contributed by atoms with Gasteiger partial charge in [0.1, 0.15) is 17.4 Å². The highest BCUT2D eigenvalue weighted by atomic mass is 127. The molecule has 3 aromatic rings. The Kier molecular flexibility index (Phi) is 8.52. The van der Waals surface area contributed by atoms with E-state index in [9.17, 15) is 4.79 Å². The summed E-state index contributed by atoms with van der Waals surface area (Å²) in [6, 6.07) is 15.8. The molecule has 2 aromatic carbocycles. The second-order valence-electron chi connectivity index (χ2n) is 7.62. The first-order valence-electron chi connectivity index (χ1n) is 10.6. The van der Waals surface area contributed by atoms with Gasteiger partial charge in [-0.1, -0.05) is 30.3 Å². The van der Waals surface area contributed by atoms with Gasteiger partial charge in [-0.05, 0) is 43.5 Å². The van der Waals surface area contributed by atoms with Crippen LogP contribution in [0.15, 0.2) is 57.9 Å². The summed E-state index contributed by atoms with van der Waals surface area (Å²) in [5, 5.41) is 10.7. The predicted octanol–water partition coefficient (Wildman–Crippen LogP) is 4.34. The number of nitrogens with zero attached hydrogens (tertiary/aromatic N) is 1. The molecule has 1 atom stereocenters. The van der Waals surface area contributed by atoms with Crippen LogP contribution in [0.3, 0.4) is 0 Å². The third-order valence-electron chi connectivity index (χ3n) is 5.46. The number of carbonyl (C=O) groups excluding carboxylic acids is 1. The lowest BCUT2D eigenvalue weighted by molar-refractivity contribution is -0.124. The Balaban J connectivity index is 0.00000289. The lowest BCUT2D eigenvalue weighted by Crippen LogP contribution is -2.36. The number of nitrogens with one attached hydrogen (secondary N) is 3. The van der Waals surface area contributed by atoms with E-state index in [4.69, 9.17) is 9.15 Å². The fourth-order valence-electron chi connectivity index (χ4n) is 3.73. The molecule has 7 nitrogen and oxygen atoms in total. The number of anilines is 1. The Bertz CT molecular complexity index is 1090. The number of carbonyl (C=O) groups is 1. The van der Waals surface area contributed by atoms with Gasteiger partial charge in [0.15, 0.2) is 5.96 Å². The fraction of sp³-hybridized carbons (Fsp3) is 0.333. The standard InChI is InChI=1S/C24H28N4O3.HI/c1-16-19-9-3-4-10-20(19)31-22(16)15-27-24(25-2)26-14-17-7-5-8-18(13-17)28-23(29)21-11-6-12-30-21;/h3-5,7-10,13,21H,6,11-12,14-15H2,1-2H3,(H,28,29)(H2,25,26,27);1H. The van der Waals surface area contributed by atoms with Crippen LogP contribution in [0.5, 0.6) is 0 Å². The molecule has 0 aliphatic carbocycles. The molecule has 1 aliphatic rings. The number of guanidine groups is 1. The number of hydrogen-bond acceptors (Lipinski definition) is 4. The molecule has 32 heavy (non-hydrogen) atoms. The minimum atomic E-state index is -0.341. The maximum atomic E-state index is 12.3. The van der Waals surface area contributed by atoms with Gasteiger partial charge < -0.3 is 25.1 Å². The number of fused-ring (bicyclic) bond motifs is 1. The summed E-state index contributed by atoms with van der Waals surface area (Å²) in [4.78, 5) is 16.6. The predicted molar refractivity (Wildman–Crippen MR) is 137 cm³/mol.